The molecule has 5 heteroatoms. The van der Waals surface area contributed by atoms with Crippen LogP contribution in [0.3, 0.4) is 0 Å². The van der Waals surface area contributed by atoms with Crippen LogP contribution in [-0.4, -0.2) is 17.0 Å². The van der Waals surface area contributed by atoms with Crippen LogP contribution < -0.4 is 5.32 Å². The number of carbonyl (C=O) groups excluding carboxylic acids is 1. The van der Waals surface area contributed by atoms with Gasteiger partial charge < -0.3 is 10.4 Å². The highest BCUT2D eigenvalue weighted by molar-refractivity contribution is 14.1. The summed E-state index contributed by atoms with van der Waals surface area (Å²) in [6.45, 7) is 1.95. The molecule has 4 atom stereocenters. The molecule has 1 aromatic carbocycles. The highest BCUT2D eigenvalue weighted by atomic mass is 127. The zero-order chi connectivity index (χ0) is 15.1. The number of aliphatic carboxylic acids is 1. The van der Waals surface area contributed by atoms with E-state index in [2.05, 4.69) is 27.9 Å². The molecule has 2 fully saturated rings. The number of aryl methyl sites for hydroxylation is 1. The molecule has 0 aliphatic heterocycles. The maximum Gasteiger partial charge on any atom is 0.307 e. The highest BCUT2D eigenvalue weighted by Gasteiger charge is 2.53. The van der Waals surface area contributed by atoms with Crippen molar-refractivity contribution in [2.45, 2.75) is 26.2 Å². The normalized spacial score (nSPS) is 30.4. The van der Waals surface area contributed by atoms with Crippen molar-refractivity contribution in [2.75, 3.05) is 5.32 Å². The van der Waals surface area contributed by atoms with Crippen LogP contribution in [0, 0.1) is 34.2 Å². The Bertz CT molecular complexity index is 601. The van der Waals surface area contributed by atoms with Gasteiger partial charge in [0.2, 0.25) is 5.91 Å². The zero-order valence-corrected chi connectivity index (χ0v) is 14.0. The van der Waals surface area contributed by atoms with Crippen LogP contribution in [0.1, 0.15) is 24.8 Å². The third-order valence-electron chi connectivity index (χ3n) is 4.95. The van der Waals surface area contributed by atoms with Gasteiger partial charge in [0.05, 0.1) is 11.8 Å². The molecule has 2 saturated carbocycles. The summed E-state index contributed by atoms with van der Waals surface area (Å²) in [5, 5.41) is 12.4. The standard InChI is InChI=1S/C16H18INO3/c1-8-6-11(17)4-5-12(8)18-15(19)13-9-2-3-10(7-9)14(13)16(20)21/h4-6,9-10,13-14H,2-3,7H2,1H3,(H,18,19)(H,20,21). The number of amides is 1. The van der Waals surface area contributed by atoms with Crippen molar-refractivity contribution < 1.29 is 14.7 Å². The Kier molecular flexibility index (Phi) is 3.94. The topological polar surface area (TPSA) is 66.4 Å². The van der Waals surface area contributed by atoms with Crippen LogP contribution in [0.25, 0.3) is 0 Å². The zero-order valence-electron chi connectivity index (χ0n) is 11.8. The molecule has 112 valence electrons. The van der Waals surface area contributed by atoms with Gasteiger partial charge in [-0.15, -0.1) is 0 Å². The summed E-state index contributed by atoms with van der Waals surface area (Å²) in [7, 11) is 0. The lowest BCUT2D eigenvalue weighted by atomic mass is 9.78. The second-order valence-electron chi connectivity index (χ2n) is 6.17. The van der Waals surface area contributed by atoms with Gasteiger partial charge in [0.25, 0.3) is 0 Å². The first-order valence-electron chi connectivity index (χ1n) is 7.27. The van der Waals surface area contributed by atoms with Gasteiger partial charge >= 0.3 is 5.97 Å². The third-order valence-corrected chi connectivity index (χ3v) is 5.62. The number of rotatable bonds is 3. The number of hydrogen-bond acceptors (Lipinski definition) is 2. The Hall–Kier alpha value is -1.11. The molecule has 21 heavy (non-hydrogen) atoms. The molecule has 1 amide bonds. The van der Waals surface area contributed by atoms with Crippen LogP contribution in [-0.2, 0) is 9.59 Å². The smallest absolute Gasteiger partial charge is 0.307 e. The largest absolute Gasteiger partial charge is 0.481 e. The molecule has 0 radical (unpaired) electrons. The van der Waals surface area contributed by atoms with Crippen molar-refractivity contribution in [2.24, 2.45) is 23.7 Å². The number of carboxylic acids is 1. The van der Waals surface area contributed by atoms with Crippen molar-refractivity contribution in [1.82, 2.24) is 0 Å². The minimum Gasteiger partial charge on any atom is -0.481 e. The molecule has 4 nitrogen and oxygen atoms in total. The van der Waals surface area contributed by atoms with E-state index < -0.39 is 11.9 Å². The molecule has 3 rings (SSSR count). The Labute approximate surface area is 137 Å². The third kappa shape index (κ3) is 2.67. The average molecular weight is 399 g/mol. The number of halogens is 1. The van der Waals surface area contributed by atoms with Gasteiger partial charge in [-0.1, -0.05) is 0 Å². The molecule has 1 aromatic rings. The van der Waals surface area contributed by atoms with Crippen LogP contribution in [0.15, 0.2) is 18.2 Å². The number of anilines is 1. The van der Waals surface area contributed by atoms with Crippen molar-refractivity contribution in [1.29, 1.82) is 0 Å². The molecular weight excluding hydrogens is 381 g/mol. The van der Waals surface area contributed by atoms with Crippen molar-refractivity contribution >= 4 is 40.2 Å². The minimum atomic E-state index is -0.818. The molecule has 2 aliphatic rings. The fourth-order valence-corrected chi connectivity index (χ4v) is 4.65. The first-order chi connectivity index (χ1) is 9.97. The van der Waals surface area contributed by atoms with Gasteiger partial charge in [-0.3, -0.25) is 9.59 Å². The number of benzene rings is 1. The van der Waals surface area contributed by atoms with Crippen molar-refractivity contribution in [3.05, 3.63) is 27.3 Å². The molecular formula is C16H18INO3. The van der Waals surface area contributed by atoms with E-state index >= 15 is 0 Å². The summed E-state index contributed by atoms with van der Waals surface area (Å²) in [4.78, 5) is 24.1. The minimum absolute atomic E-state index is 0.126. The van der Waals surface area contributed by atoms with Gasteiger partial charge in [-0.05, 0) is 84.4 Å². The average Bonchev–Trinajstić information content (AvgIpc) is 3.02. The van der Waals surface area contributed by atoms with E-state index in [0.717, 1.165) is 34.1 Å². The molecule has 0 saturated heterocycles. The van der Waals surface area contributed by atoms with Gasteiger partial charge in [-0.2, -0.15) is 0 Å². The van der Waals surface area contributed by atoms with Gasteiger partial charge in [0, 0.05) is 9.26 Å². The summed E-state index contributed by atoms with van der Waals surface area (Å²) in [6.07, 6.45) is 2.83. The van der Waals surface area contributed by atoms with E-state index in [0.29, 0.717) is 0 Å². The molecule has 0 aromatic heterocycles. The summed E-state index contributed by atoms with van der Waals surface area (Å²) < 4.78 is 1.12. The maximum atomic E-state index is 12.6. The van der Waals surface area contributed by atoms with Gasteiger partial charge in [0.15, 0.2) is 0 Å². The van der Waals surface area contributed by atoms with Gasteiger partial charge in [0.1, 0.15) is 0 Å². The lowest BCUT2D eigenvalue weighted by Crippen LogP contribution is -2.38. The van der Waals surface area contributed by atoms with Crippen LogP contribution in [0.2, 0.25) is 0 Å². The lowest BCUT2D eigenvalue weighted by Gasteiger charge is -2.27. The van der Waals surface area contributed by atoms with Crippen LogP contribution in [0.5, 0.6) is 0 Å². The molecule has 0 spiro atoms. The highest BCUT2D eigenvalue weighted by Crippen LogP contribution is 2.52. The maximum absolute atomic E-state index is 12.6. The monoisotopic (exact) mass is 399 g/mol. The fraction of sp³-hybridized carbons (Fsp3) is 0.500. The summed E-state index contributed by atoms with van der Waals surface area (Å²) in [5.41, 5.74) is 1.79. The Morgan fingerprint density at radius 1 is 1.24 bits per heavy atom. The first-order valence-corrected chi connectivity index (χ1v) is 8.35. The second kappa shape index (κ2) is 5.59. The van der Waals surface area contributed by atoms with E-state index in [1.165, 1.54) is 0 Å². The molecule has 4 unspecified atom stereocenters. The summed E-state index contributed by atoms with van der Waals surface area (Å²) in [5.74, 6) is -1.41. The predicted molar refractivity (Wildman–Crippen MR) is 88.0 cm³/mol. The van der Waals surface area contributed by atoms with Crippen molar-refractivity contribution in [3.8, 4) is 0 Å². The first kappa shape index (κ1) is 14.8. The van der Waals surface area contributed by atoms with E-state index in [4.69, 9.17) is 0 Å². The number of carbonyl (C=O) groups is 2. The predicted octanol–water partition coefficient (Wildman–Crippen LogP) is 3.29. The van der Waals surface area contributed by atoms with E-state index in [9.17, 15) is 14.7 Å². The molecule has 0 heterocycles. The Balaban J connectivity index is 1.80. The Morgan fingerprint density at radius 3 is 2.52 bits per heavy atom. The number of carboxylic acid groups (broad SMARTS) is 1. The van der Waals surface area contributed by atoms with Crippen LogP contribution in [0.4, 0.5) is 5.69 Å². The summed E-state index contributed by atoms with van der Waals surface area (Å²) >= 11 is 2.23. The summed E-state index contributed by atoms with van der Waals surface area (Å²) in [6, 6.07) is 5.84. The van der Waals surface area contributed by atoms with E-state index in [1.807, 2.05) is 25.1 Å². The quantitative estimate of drug-likeness (QED) is 0.767. The van der Waals surface area contributed by atoms with Crippen molar-refractivity contribution in [3.63, 3.8) is 0 Å². The molecule has 2 bridgehead atoms. The molecule has 2 N–H and O–H groups in total. The fourth-order valence-electron chi connectivity index (χ4n) is 4.01. The van der Waals surface area contributed by atoms with Crippen LogP contribution >= 0.6 is 22.6 Å². The SMILES string of the molecule is Cc1cc(I)ccc1NC(=O)C1C2CCC(C2)C1C(=O)O. The number of hydrogen-bond donors (Lipinski definition) is 2. The Morgan fingerprint density at radius 2 is 1.90 bits per heavy atom. The van der Waals surface area contributed by atoms with Gasteiger partial charge in [-0.25, -0.2) is 0 Å². The van der Waals surface area contributed by atoms with E-state index in [-0.39, 0.29) is 23.7 Å². The van der Waals surface area contributed by atoms with E-state index in [1.54, 1.807) is 0 Å². The molecule has 2 aliphatic carbocycles. The lowest BCUT2D eigenvalue weighted by molar-refractivity contribution is -0.148. The number of fused-ring (bicyclic) bond motifs is 2. The second-order valence-corrected chi connectivity index (χ2v) is 7.42. The number of nitrogens with one attached hydrogen (secondary N) is 1.